The molecule has 0 amide bonds. The van der Waals surface area contributed by atoms with Gasteiger partial charge in [-0.05, 0) is 19.1 Å². The molecule has 2 aromatic rings. The molecule has 0 saturated carbocycles. The molecule has 2 N–H and O–H groups in total. The number of nitrogens with zero attached hydrogens (tertiary/aromatic N) is 5. The van der Waals surface area contributed by atoms with Crippen LogP contribution in [0.4, 0.5) is 5.69 Å². The van der Waals surface area contributed by atoms with Gasteiger partial charge in [0.2, 0.25) is 15.8 Å². The fourth-order valence-electron chi connectivity index (χ4n) is 2.34. The van der Waals surface area contributed by atoms with E-state index in [4.69, 9.17) is 23.2 Å². The third kappa shape index (κ3) is 4.29. The zero-order chi connectivity index (χ0) is 19.9. The average molecular weight is 431 g/mol. The smallest absolute Gasteiger partial charge is 0.208 e. The number of aromatic hydroxyl groups is 1. The first-order valence-corrected chi connectivity index (χ1v) is 10.4. The van der Waals surface area contributed by atoms with E-state index in [-0.39, 0.29) is 28.3 Å². The average Bonchev–Trinajstić information content (AvgIpc) is 3.09. The Morgan fingerprint density at radius 1 is 1.33 bits per heavy atom. The minimum atomic E-state index is -3.30. The summed E-state index contributed by atoms with van der Waals surface area (Å²) < 4.78 is 24.9. The van der Waals surface area contributed by atoms with E-state index >= 15 is 0 Å². The SMILES string of the molecule is CC1=Nn2nc(C(C)CNS(C)(=O)=O)nc2C1=Nc1cc(Cl)c(O)c(Cl)c1. The number of phenols is 1. The second-order valence-corrected chi connectivity index (χ2v) is 8.76. The van der Waals surface area contributed by atoms with Crippen molar-refractivity contribution in [1.29, 1.82) is 0 Å². The number of fused-ring (bicyclic) bond motifs is 1. The van der Waals surface area contributed by atoms with Gasteiger partial charge < -0.3 is 5.11 Å². The maximum Gasteiger partial charge on any atom is 0.208 e. The Morgan fingerprint density at radius 3 is 2.56 bits per heavy atom. The largest absolute Gasteiger partial charge is 0.505 e. The number of hydrogen-bond acceptors (Lipinski definition) is 7. The van der Waals surface area contributed by atoms with Gasteiger partial charge in [-0.15, -0.1) is 9.89 Å². The van der Waals surface area contributed by atoms with Crippen molar-refractivity contribution in [2.45, 2.75) is 19.8 Å². The molecule has 1 aromatic heterocycles. The van der Waals surface area contributed by atoms with E-state index in [9.17, 15) is 13.5 Å². The Bertz CT molecular complexity index is 1050. The molecule has 0 spiro atoms. The van der Waals surface area contributed by atoms with Gasteiger partial charge in [0.25, 0.3) is 0 Å². The van der Waals surface area contributed by atoms with E-state index in [1.54, 1.807) is 13.8 Å². The van der Waals surface area contributed by atoms with E-state index in [1.807, 2.05) is 0 Å². The van der Waals surface area contributed by atoms with E-state index < -0.39 is 10.0 Å². The molecule has 1 atom stereocenters. The van der Waals surface area contributed by atoms with Crippen LogP contribution in [0, 0.1) is 0 Å². The van der Waals surface area contributed by atoms with Crippen molar-refractivity contribution in [3.8, 4) is 5.75 Å². The molecule has 2 heterocycles. The number of hydrogen-bond donors (Lipinski definition) is 2. The second-order valence-electron chi connectivity index (χ2n) is 6.11. The van der Waals surface area contributed by atoms with E-state index in [2.05, 4.69) is 24.9 Å². The van der Waals surface area contributed by atoms with Crippen LogP contribution in [0.1, 0.15) is 31.4 Å². The highest BCUT2D eigenvalue weighted by atomic mass is 35.5. The first-order chi connectivity index (χ1) is 12.5. The molecule has 1 aliphatic rings. The molecule has 12 heteroatoms. The fraction of sp³-hybridized carbons (Fsp3) is 0.333. The number of sulfonamides is 1. The molecule has 3 rings (SSSR count). The lowest BCUT2D eigenvalue weighted by molar-refractivity contribution is 0.476. The Hall–Kier alpha value is -2.01. The summed E-state index contributed by atoms with van der Waals surface area (Å²) in [7, 11) is -3.30. The van der Waals surface area contributed by atoms with Crippen molar-refractivity contribution in [3.05, 3.63) is 33.8 Å². The highest BCUT2D eigenvalue weighted by Crippen LogP contribution is 2.36. The molecular formula is C15H16Cl2N6O3S. The van der Waals surface area contributed by atoms with Crippen LogP contribution in [0.3, 0.4) is 0 Å². The Balaban J connectivity index is 1.92. The van der Waals surface area contributed by atoms with Crippen molar-refractivity contribution in [3.63, 3.8) is 0 Å². The molecule has 1 aromatic carbocycles. The van der Waals surface area contributed by atoms with Crippen molar-refractivity contribution in [1.82, 2.24) is 19.6 Å². The third-order valence-corrected chi connectivity index (χ3v) is 5.01. The van der Waals surface area contributed by atoms with Gasteiger partial charge in [-0.3, -0.25) is 0 Å². The lowest BCUT2D eigenvalue weighted by Gasteiger charge is -2.07. The van der Waals surface area contributed by atoms with Crippen LogP contribution in [-0.2, 0) is 10.0 Å². The molecule has 1 aliphatic heterocycles. The zero-order valence-corrected chi connectivity index (χ0v) is 16.9. The topological polar surface area (TPSA) is 122 Å². The highest BCUT2D eigenvalue weighted by molar-refractivity contribution is 7.88. The Kier molecular flexibility index (Phi) is 5.26. The van der Waals surface area contributed by atoms with Gasteiger partial charge in [-0.2, -0.15) is 5.10 Å². The standard InChI is InChI=1S/C15H16Cl2N6O3S/c1-7(6-18-27(3,25)26)14-20-15-12(8(2)21-23(15)22-14)19-9-4-10(16)13(24)11(17)5-9/h4-5,7,18,24H,6H2,1-3H3. The summed E-state index contributed by atoms with van der Waals surface area (Å²) in [5.41, 5.74) is 1.51. The predicted octanol–water partition coefficient (Wildman–Crippen LogP) is 2.30. The number of halogens is 2. The summed E-state index contributed by atoms with van der Waals surface area (Å²) in [6, 6.07) is 2.95. The van der Waals surface area contributed by atoms with Crippen LogP contribution in [0.5, 0.6) is 5.75 Å². The predicted molar refractivity (Wildman–Crippen MR) is 104 cm³/mol. The highest BCUT2D eigenvalue weighted by Gasteiger charge is 2.26. The molecule has 1 unspecified atom stereocenters. The van der Waals surface area contributed by atoms with Crippen LogP contribution in [0.15, 0.2) is 22.2 Å². The lowest BCUT2D eigenvalue weighted by Crippen LogP contribution is -2.26. The number of nitrogens with one attached hydrogen (secondary N) is 1. The van der Waals surface area contributed by atoms with Crippen molar-refractivity contribution in [2.24, 2.45) is 10.1 Å². The summed E-state index contributed by atoms with van der Waals surface area (Å²) in [4.78, 5) is 10.3. The third-order valence-electron chi connectivity index (χ3n) is 3.74. The van der Waals surface area contributed by atoms with E-state index in [0.29, 0.717) is 28.8 Å². The van der Waals surface area contributed by atoms with Crippen LogP contribution >= 0.6 is 23.2 Å². The quantitative estimate of drug-likeness (QED) is 0.753. The second kappa shape index (κ2) is 7.19. The van der Waals surface area contributed by atoms with Crippen LogP contribution in [0.25, 0.3) is 0 Å². The number of aliphatic imine (C=N–C) groups is 1. The summed E-state index contributed by atoms with van der Waals surface area (Å²) >= 11 is 11.9. The van der Waals surface area contributed by atoms with Crippen LogP contribution in [0.2, 0.25) is 10.0 Å². The molecule has 144 valence electrons. The maximum atomic E-state index is 11.2. The van der Waals surface area contributed by atoms with Gasteiger partial charge >= 0.3 is 0 Å². The number of rotatable bonds is 5. The van der Waals surface area contributed by atoms with Gasteiger partial charge in [0.05, 0.1) is 27.7 Å². The van der Waals surface area contributed by atoms with E-state index in [0.717, 1.165) is 6.26 Å². The summed E-state index contributed by atoms with van der Waals surface area (Å²) in [6.45, 7) is 3.73. The summed E-state index contributed by atoms with van der Waals surface area (Å²) in [5, 5.41) is 18.4. The Morgan fingerprint density at radius 2 is 1.96 bits per heavy atom. The first kappa shape index (κ1) is 19.7. The van der Waals surface area contributed by atoms with Crippen molar-refractivity contribution in [2.75, 3.05) is 12.8 Å². The van der Waals surface area contributed by atoms with Crippen molar-refractivity contribution >= 4 is 50.3 Å². The maximum absolute atomic E-state index is 11.2. The van der Waals surface area contributed by atoms with Gasteiger partial charge in [0, 0.05) is 12.5 Å². The molecule has 27 heavy (non-hydrogen) atoms. The Labute approximate surface area is 165 Å². The van der Waals surface area contributed by atoms with E-state index in [1.165, 1.54) is 16.9 Å². The minimum Gasteiger partial charge on any atom is -0.505 e. The molecule has 0 bridgehead atoms. The summed E-state index contributed by atoms with van der Waals surface area (Å²) in [5.74, 6) is 0.393. The van der Waals surface area contributed by atoms with Gasteiger partial charge in [-0.1, -0.05) is 30.1 Å². The summed E-state index contributed by atoms with van der Waals surface area (Å²) in [6.07, 6.45) is 1.09. The lowest BCUT2D eigenvalue weighted by atomic mass is 10.2. The molecule has 0 aliphatic carbocycles. The first-order valence-electron chi connectivity index (χ1n) is 7.80. The number of aromatic nitrogens is 3. The number of benzene rings is 1. The van der Waals surface area contributed by atoms with Gasteiger partial charge in [0.1, 0.15) is 5.71 Å². The van der Waals surface area contributed by atoms with Crippen LogP contribution in [-0.4, -0.2) is 52.6 Å². The zero-order valence-electron chi connectivity index (χ0n) is 14.6. The normalized spacial score (nSPS) is 16.5. The number of phenolic OH excluding ortho intramolecular Hbond substituents is 1. The van der Waals surface area contributed by atoms with Gasteiger partial charge in [0.15, 0.2) is 11.6 Å². The molecule has 0 saturated heterocycles. The minimum absolute atomic E-state index is 0.0806. The molecule has 9 nitrogen and oxygen atoms in total. The fourth-order valence-corrected chi connectivity index (χ4v) is 3.37. The van der Waals surface area contributed by atoms with Crippen LogP contribution < -0.4 is 4.72 Å². The molecule has 0 fully saturated rings. The molecule has 0 radical (unpaired) electrons. The van der Waals surface area contributed by atoms with Gasteiger partial charge in [-0.25, -0.2) is 23.1 Å². The monoisotopic (exact) mass is 430 g/mol. The van der Waals surface area contributed by atoms with Crippen molar-refractivity contribution < 1.29 is 13.5 Å². The molecular weight excluding hydrogens is 415 g/mol.